The summed E-state index contributed by atoms with van der Waals surface area (Å²) in [7, 11) is 0. The van der Waals surface area contributed by atoms with Gasteiger partial charge in [0, 0.05) is 6.04 Å². The first-order valence-corrected chi connectivity index (χ1v) is 7.04. The lowest BCUT2D eigenvalue weighted by Crippen LogP contribution is -2.31. The Kier molecular flexibility index (Phi) is 3.86. The zero-order valence-corrected chi connectivity index (χ0v) is 11.3. The Bertz CT molecular complexity index is 493. The van der Waals surface area contributed by atoms with Gasteiger partial charge in [0.05, 0.1) is 4.88 Å². The van der Waals surface area contributed by atoms with Crippen molar-refractivity contribution >= 4 is 28.8 Å². The van der Waals surface area contributed by atoms with Crippen molar-refractivity contribution in [2.75, 3.05) is 0 Å². The first kappa shape index (κ1) is 12.2. The molecule has 0 fully saturated rings. The summed E-state index contributed by atoms with van der Waals surface area (Å²) in [5.74, 6) is -0.0854. The van der Waals surface area contributed by atoms with Crippen LogP contribution in [-0.4, -0.2) is 21.5 Å². The van der Waals surface area contributed by atoms with Gasteiger partial charge in [-0.15, -0.1) is 16.4 Å². The highest BCUT2D eigenvalue weighted by Crippen LogP contribution is 2.27. The summed E-state index contributed by atoms with van der Waals surface area (Å²) in [5.41, 5.74) is 0.686. The number of thiophene rings is 1. The van der Waals surface area contributed by atoms with Crippen LogP contribution in [0.5, 0.6) is 0 Å². The summed E-state index contributed by atoms with van der Waals surface area (Å²) in [6.07, 6.45) is 0.909. The Hall–Kier alpha value is -1.27. The Morgan fingerprint density at radius 3 is 3.06 bits per heavy atom. The van der Waals surface area contributed by atoms with E-state index in [9.17, 15) is 4.79 Å². The van der Waals surface area contributed by atoms with Gasteiger partial charge in [0.1, 0.15) is 10.6 Å². The molecule has 0 saturated carbocycles. The maximum absolute atomic E-state index is 12.0. The monoisotopic (exact) mass is 267 g/mol. The van der Waals surface area contributed by atoms with E-state index in [0.29, 0.717) is 10.6 Å². The zero-order chi connectivity index (χ0) is 12.3. The first-order chi connectivity index (χ1) is 8.22. The predicted molar refractivity (Wildman–Crippen MR) is 70.4 cm³/mol. The lowest BCUT2D eigenvalue weighted by Gasteiger charge is -2.09. The molecule has 1 amide bonds. The van der Waals surface area contributed by atoms with Crippen LogP contribution in [0, 0.1) is 0 Å². The van der Waals surface area contributed by atoms with E-state index in [1.807, 2.05) is 31.4 Å². The van der Waals surface area contributed by atoms with Crippen molar-refractivity contribution in [3.63, 3.8) is 0 Å². The number of aromatic nitrogens is 2. The second-order valence-corrected chi connectivity index (χ2v) is 5.41. The van der Waals surface area contributed by atoms with E-state index in [2.05, 4.69) is 14.9 Å². The molecule has 2 heterocycles. The molecule has 1 unspecified atom stereocenters. The van der Waals surface area contributed by atoms with Crippen LogP contribution in [0.1, 0.15) is 29.9 Å². The van der Waals surface area contributed by atoms with E-state index in [0.717, 1.165) is 22.8 Å². The van der Waals surface area contributed by atoms with Gasteiger partial charge < -0.3 is 5.32 Å². The third kappa shape index (κ3) is 2.70. The second-order valence-electron chi connectivity index (χ2n) is 3.71. The summed E-state index contributed by atoms with van der Waals surface area (Å²) in [6, 6.07) is 4.05. The molecule has 6 heteroatoms. The molecule has 90 valence electrons. The smallest absolute Gasteiger partial charge is 0.265 e. The maximum Gasteiger partial charge on any atom is 0.265 e. The van der Waals surface area contributed by atoms with Crippen molar-refractivity contribution in [2.45, 2.75) is 26.3 Å². The topological polar surface area (TPSA) is 54.9 Å². The lowest BCUT2D eigenvalue weighted by molar-refractivity contribution is 0.0944. The van der Waals surface area contributed by atoms with Crippen molar-refractivity contribution in [2.24, 2.45) is 0 Å². The number of amides is 1. The van der Waals surface area contributed by atoms with Crippen molar-refractivity contribution < 1.29 is 4.79 Å². The van der Waals surface area contributed by atoms with Crippen LogP contribution in [0.4, 0.5) is 0 Å². The highest BCUT2D eigenvalue weighted by Gasteiger charge is 2.19. The second kappa shape index (κ2) is 5.37. The summed E-state index contributed by atoms with van der Waals surface area (Å²) in [4.78, 5) is 13.6. The van der Waals surface area contributed by atoms with Crippen molar-refractivity contribution in [1.29, 1.82) is 0 Å². The zero-order valence-electron chi connectivity index (χ0n) is 9.64. The molecule has 0 aliphatic carbocycles. The molecule has 1 atom stereocenters. The lowest BCUT2D eigenvalue weighted by atomic mass is 10.2. The predicted octanol–water partition coefficient (Wildman–Crippen LogP) is 2.79. The van der Waals surface area contributed by atoms with Gasteiger partial charge in [0.15, 0.2) is 0 Å². The van der Waals surface area contributed by atoms with E-state index >= 15 is 0 Å². The quantitative estimate of drug-likeness (QED) is 0.926. The Morgan fingerprint density at radius 2 is 2.41 bits per heavy atom. The molecule has 0 aliphatic heterocycles. The van der Waals surface area contributed by atoms with E-state index in [-0.39, 0.29) is 11.9 Å². The SMILES string of the molecule is CCC(C)NC(=O)c1snnc1-c1cccs1. The first-order valence-electron chi connectivity index (χ1n) is 5.39. The number of nitrogens with one attached hydrogen (secondary N) is 1. The molecule has 17 heavy (non-hydrogen) atoms. The van der Waals surface area contributed by atoms with Crippen LogP contribution in [0.25, 0.3) is 10.6 Å². The Morgan fingerprint density at radius 1 is 1.59 bits per heavy atom. The molecule has 1 N–H and O–H groups in total. The van der Waals surface area contributed by atoms with Crippen molar-refractivity contribution in [3.8, 4) is 10.6 Å². The standard InChI is InChI=1S/C11H13N3OS2/c1-3-7(2)12-11(15)10-9(13-14-17-10)8-5-4-6-16-8/h4-7H,3H2,1-2H3,(H,12,15). The average Bonchev–Trinajstić information content (AvgIpc) is 2.98. The van der Waals surface area contributed by atoms with Gasteiger partial charge >= 0.3 is 0 Å². The van der Waals surface area contributed by atoms with E-state index in [4.69, 9.17) is 0 Å². The van der Waals surface area contributed by atoms with Crippen LogP contribution in [0.3, 0.4) is 0 Å². The average molecular weight is 267 g/mol. The normalized spacial score (nSPS) is 12.4. The molecule has 0 spiro atoms. The number of carbonyl (C=O) groups is 1. The summed E-state index contributed by atoms with van der Waals surface area (Å²) in [6.45, 7) is 4.02. The third-order valence-corrected chi connectivity index (χ3v) is 4.04. The van der Waals surface area contributed by atoms with Crippen molar-refractivity contribution in [3.05, 3.63) is 22.4 Å². The van der Waals surface area contributed by atoms with Gasteiger partial charge in [-0.05, 0) is 36.3 Å². The minimum Gasteiger partial charge on any atom is -0.349 e. The summed E-state index contributed by atoms with van der Waals surface area (Å²) >= 11 is 2.70. The largest absolute Gasteiger partial charge is 0.349 e. The van der Waals surface area contributed by atoms with Gasteiger partial charge in [0.2, 0.25) is 0 Å². The highest BCUT2D eigenvalue weighted by atomic mass is 32.1. The molecule has 2 rings (SSSR count). The molecule has 0 aliphatic rings. The fourth-order valence-corrected chi connectivity index (χ4v) is 2.67. The number of nitrogens with zero attached hydrogens (tertiary/aromatic N) is 2. The molecule has 2 aromatic heterocycles. The van der Waals surface area contributed by atoms with Gasteiger partial charge in [-0.2, -0.15) is 0 Å². The number of hydrogen-bond acceptors (Lipinski definition) is 5. The van der Waals surface area contributed by atoms with Crippen LogP contribution in [0.2, 0.25) is 0 Å². The molecule has 0 aromatic carbocycles. The number of rotatable bonds is 4. The van der Waals surface area contributed by atoms with Crippen LogP contribution < -0.4 is 5.32 Å². The molecule has 4 nitrogen and oxygen atoms in total. The minimum atomic E-state index is -0.0854. The minimum absolute atomic E-state index is 0.0854. The molecule has 0 saturated heterocycles. The molecular weight excluding hydrogens is 254 g/mol. The maximum atomic E-state index is 12.0. The molecule has 0 radical (unpaired) electrons. The van der Waals surface area contributed by atoms with E-state index < -0.39 is 0 Å². The van der Waals surface area contributed by atoms with Crippen LogP contribution in [0.15, 0.2) is 17.5 Å². The van der Waals surface area contributed by atoms with Crippen LogP contribution in [-0.2, 0) is 0 Å². The summed E-state index contributed by atoms with van der Waals surface area (Å²) < 4.78 is 3.87. The van der Waals surface area contributed by atoms with Gasteiger partial charge in [-0.25, -0.2) is 0 Å². The number of hydrogen-bond donors (Lipinski definition) is 1. The molecule has 0 bridgehead atoms. The van der Waals surface area contributed by atoms with Gasteiger partial charge in [-0.1, -0.05) is 17.5 Å². The third-order valence-electron chi connectivity index (χ3n) is 2.44. The molecule has 2 aromatic rings. The highest BCUT2D eigenvalue weighted by molar-refractivity contribution is 7.14. The van der Waals surface area contributed by atoms with Gasteiger partial charge in [0.25, 0.3) is 5.91 Å². The fourth-order valence-electron chi connectivity index (χ4n) is 1.31. The molecular formula is C11H13N3OS2. The van der Waals surface area contributed by atoms with E-state index in [1.165, 1.54) is 0 Å². The number of carbonyl (C=O) groups excluding carboxylic acids is 1. The Balaban J connectivity index is 2.22. The van der Waals surface area contributed by atoms with Crippen LogP contribution >= 0.6 is 22.9 Å². The summed E-state index contributed by atoms with van der Waals surface area (Å²) in [5, 5.41) is 8.92. The fraction of sp³-hybridized carbons (Fsp3) is 0.364. The van der Waals surface area contributed by atoms with Gasteiger partial charge in [-0.3, -0.25) is 4.79 Å². The van der Waals surface area contributed by atoms with E-state index in [1.54, 1.807) is 11.3 Å². The Labute approximate surface area is 108 Å². The van der Waals surface area contributed by atoms with Crippen molar-refractivity contribution in [1.82, 2.24) is 14.9 Å².